The molecule has 114 valence electrons. The molecule has 0 unspecified atom stereocenters. The number of nitrogens with zero attached hydrogens (tertiary/aromatic N) is 1. The number of urea groups is 1. The molecule has 6 heteroatoms. The van der Waals surface area contributed by atoms with Crippen molar-refractivity contribution in [2.24, 2.45) is 0 Å². The number of rotatable bonds is 1. The van der Waals surface area contributed by atoms with E-state index in [0.29, 0.717) is 38.7 Å². The van der Waals surface area contributed by atoms with Gasteiger partial charge in [0.2, 0.25) is 0 Å². The Bertz CT molecular complexity index is 514. The molecule has 0 saturated carbocycles. The molecule has 21 heavy (non-hydrogen) atoms. The van der Waals surface area contributed by atoms with Gasteiger partial charge in [-0.25, -0.2) is 4.79 Å². The smallest absolute Gasteiger partial charge is 0.318 e. The van der Waals surface area contributed by atoms with Crippen molar-refractivity contribution in [3.05, 3.63) is 23.8 Å². The molecular weight excluding hydrogens is 272 g/mol. The predicted molar refractivity (Wildman–Crippen MR) is 76.4 cm³/mol. The van der Waals surface area contributed by atoms with E-state index in [1.807, 2.05) is 0 Å². The van der Waals surface area contributed by atoms with Crippen LogP contribution in [-0.2, 0) is 11.3 Å². The fourth-order valence-electron chi connectivity index (χ4n) is 2.64. The van der Waals surface area contributed by atoms with Crippen LogP contribution in [0.1, 0.15) is 18.4 Å². The molecule has 0 spiro atoms. The first kappa shape index (κ1) is 14.0. The molecule has 3 rings (SSSR count). The summed E-state index contributed by atoms with van der Waals surface area (Å²) in [6, 6.07) is 5.13. The monoisotopic (exact) mass is 292 g/mol. The van der Waals surface area contributed by atoms with E-state index in [2.05, 4.69) is 5.32 Å². The van der Waals surface area contributed by atoms with Crippen molar-refractivity contribution in [2.45, 2.75) is 25.4 Å². The van der Waals surface area contributed by atoms with Crippen LogP contribution in [0, 0.1) is 0 Å². The number of phenols is 1. The van der Waals surface area contributed by atoms with Crippen molar-refractivity contribution in [2.75, 3.05) is 26.4 Å². The first-order valence-electron chi connectivity index (χ1n) is 7.30. The average Bonchev–Trinajstić information content (AvgIpc) is 2.70. The third-order valence-electron chi connectivity index (χ3n) is 3.87. The summed E-state index contributed by atoms with van der Waals surface area (Å²) in [5.74, 6) is 0.824. The van der Waals surface area contributed by atoms with E-state index in [9.17, 15) is 9.90 Å². The molecule has 2 N–H and O–H groups in total. The van der Waals surface area contributed by atoms with E-state index in [4.69, 9.17) is 9.47 Å². The lowest BCUT2D eigenvalue weighted by Gasteiger charge is -2.27. The maximum Gasteiger partial charge on any atom is 0.318 e. The summed E-state index contributed by atoms with van der Waals surface area (Å²) in [7, 11) is 0. The van der Waals surface area contributed by atoms with Gasteiger partial charge in [-0.1, -0.05) is 0 Å². The second kappa shape index (κ2) is 6.22. The van der Waals surface area contributed by atoms with Gasteiger partial charge in [-0.3, -0.25) is 0 Å². The van der Waals surface area contributed by atoms with E-state index in [-0.39, 0.29) is 17.8 Å². The number of carbonyl (C=O) groups is 1. The number of phenolic OH excluding ortho intramolecular Hbond substituents is 1. The van der Waals surface area contributed by atoms with Gasteiger partial charge in [-0.15, -0.1) is 0 Å². The topological polar surface area (TPSA) is 71.0 Å². The standard InChI is InChI=1S/C15H20N2O4/c18-13-2-1-11-10-17(5-8-21-14(11)9-13)15(19)16-12-3-6-20-7-4-12/h1-2,9,12,18H,3-8,10H2,(H,16,19). The fourth-order valence-corrected chi connectivity index (χ4v) is 2.64. The molecule has 2 aliphatic rings. The Balaban J connectivity index is 1.65. The lowest BCUT2D eigenvalue weighted by atomic mass is 10.1. The molecule has 0 bridgehead atoms. The number of hydrogen-bond acceptors (Lipinski definition) is 4. The zero-order chi connectivity index (χ0) is 14.7. The van der Waals surface area contributed by atoms with Crippen molar-refractivity contribution in [1.29, 1.82) is 0 Å². The second-order valence-electron chi connectivity index (χ2n) is 5.40. The maximum absolute atomic E-state index is 12.4. The molecule has 2 aliphatic heterocycles. The Morgan fingerprint density at radius 2 is 2.10 bits per heavy atom. The van der Waals surface area contributed by atoms with Crippen LogP contribution in [0.3, 0.4) is 0 Å². The summed E-state index contributed by atoms with van der Waals surface area (Å²) in [6.45, 7) is 2.86. The van der Waals surface area contributed by atoms with Gasteiger partial charge in [0, 0.05) is 30.9 Å². The summed E-state index contributed by atoms with van der Waals surface area (Å²) < 4.78 is 10.9. The van der Waals surface area contributed by atoms with Crippen LogP contribution in [-0.4, -0.2) is 48.4 Å². The van der Waals surface area contributed by atoms with Crippen molar-refractivity contribution >= 4 is 6.03 Å². The SMILES string of the molecule is O=C(NC1CCOCC1)N1CCOc2cc(O)ccc2C1. The van der Waals surface area contributed by atoms with E-state index in [0.717, 1.165) is 18.4 Å². The minimum Gasteiger partial charge on any atom is -0.508 e. The number of fused-ring (bicyclic) bond motifs is 1. The highest BCUT2D eigenvalue weighted by Gasteiger charge is 2.23. The van der Waals surface area contributed by atoms with Crippen LogP contribution in [0.25, 0.3) is 0 Å². The average molecular weight is 292 g/mol. The quantitative estimate of drug-likeness (QED) is 0.822. The number of aromatic hydroxyl groups is 1. The highest BCUT2D eigenvalue weighted by molar-refractivity contribution is 5.74. The van der Waals surface area contributed by atoms with Gasteiger partial charge in [-0.2, -0.15) is 0 Å². The van der Waals surface area contributed by atoms with E-state index in [1.165, 1.54) is 0 Å². The van der Waals surface area contributed by atoms with Crippen LogP contribution in [0.15, 0.2) is 18.2 Å². The van der Waals surface area contributed by atoms with Crippen LogP contribution < -0.4 is 10.1 Å². The fraction of sp³-hybridized carbons (Fsp3) is 0.533. The second-order valence-corrected chi connectivity index (χ2v) is 5.40. The zero-order valence-corrected chi connectivity index (χ0v) is 11.9. The highest BCUT2D eigenvalue weighted by atomic mass is 16.5. The number of benzene rings is 1. The van der Waals surface area contributed by atoms with Crippen molar-refractivity contribution in [3.8, 4) is 11.5 Å². The molecule has 2 heterocycles. The van der Waals surface area contributed by atoms with Gasteiger partial charge < -0.3 is 24.8 Å². The largest absolute Gasteiger partial charge is 0.508 e. The lowest BCUT2D eigenvalue weighted by Crippen LogP contribution is -2.47. The summed E-state index contributed by atoms with van der Waals surface area (Å²) >= 11 is 0. The lowest BCUT2D eigenvalue weighted by molar-refractivity contribution is 0.0777. The van der Waals surface area contributed by atoms with Gasteiger partial charge >= 0.3 is 6.03 Å². The van der Waals surface area contributed by atoms with Gasteiger partial charge in [0.05, 0.1) is 13.1 Å². The normalized spacial score (nSPS) is 19.3. The van der Waals surface area contributed by atoms with Crippen LogP contribution in [0.2, 0.25) is 0 Å². The number of ether oxygens (including phenoxy) is 2. The summed E-state index contributed by atoms with van der Waals surface area (Å²) in [6.07, 6.45) is 1.72. The molecule has 0 aromatic heterocycles. The van der Waals surface area contributed by atoms with Crippen molar-refractivity contribution in [1.82, 2.24) is 10.2 Å². The molecule has 1 aromatic carbocycles. The van der Waals surface area contributed by atoms with E-state index < -0.39 is 0 Å². The Hall–Kier alpha value is -1.95. The Morgan fingerprint density at radius 3 is 2.90 bits per heavy atom. The van der Waals surface area contributed by atoms with E-state index in [1.54, 1.807) is 23.1 Å². The Kier molecular flexibility index (Phi) is 4.15. The molecule has 1 fully saturated rings. The van der Waals surface area contributed by atoms with Gasteiger partial charge in [-0.05, 0) is 25.0 Å². The number of carbonyl (C=O) groups excluding carboxylic acids is 1. The molecule has 2 amide bonds. The predicted octanol–water partition coefficient (Wildman–Crippen LogP) is 1.48. The minimum atomic E-state index is -0.0635. The Morgan fingerprint density at radius 1 is 1.29 bits per heavy atom. The van der Waals surface area contributed by atoms with Gasteiger partial charge in [0.1, 0.15) is 18.1 Å². The summed E-state index contributed by atoms with van der Waals surface area (Å²) in [5.41, 5.74) is 0.910. The van der Waals surface area contributed by atoms with Crippen molar-refractivity contribution in [3.63, 3.8) is 0 Å². The first-order chi connectivity index (χ1) is 10.2. The summed E-state index contributed by atoms with van der Waals surface area (Å²) in [5, 5.41) is 12.5. The molecule has 0 atom stereocenters. The van der Waals surface area contributed by atoms with Crippen molar-refractivity contribution < 1.29 is 19.4 Å². The van der Waals surface area contributed by atoms with Gasteiger partial charge in [0.15, 0.2) is 0 Å². The highest BCUT2D eigenvalue weighted by Crippen LogP contribution is 2.27. The molecule has 6 nitrogen and oxygen atoms in total. The van der Waals surface area contributed by atoms with Crippen LogP contribution in [0.5, 0.6) is 11.5 Å². The van der Waals surface area contributed by atoms with Gasteiger partial charge in [0.25, 0.3) is 0 Å². The Labute approximate surface area is 123 Å². The van der Waals surface area contributed by atoms with Crippen LogP contribution in [0.4, 0.5) is 4.79 Å². The number of hydrogen-bond donors (Lipinski definition) is 2. The molecule has 1 saturated heterocycles. The maximum atomic E-state index is 12.4. The third-order valence-corrected chi connectivity index (χ3v) is 3.87. The molecule has 0 aliphatic carbocycles. The van der Waals surface area contributed by atoms with Crippen LogP contribution >= 0.6 is 0 Å². The van der Waals surface area contributed by atoms with E-state index >= 15 is 0 Å². The number of nitrogens with one attached hydrogen (secondary N) is 1. The zero-order valence-electron chi connectivity index (χ0n) is 11.9. The molecule has 0 radical (unpaired) electrons. The summed E-state index contributed by atoms with van der Waals surface area (Å²) in [4.78, 5) is 14.1. The first-order valence-corrected chi connectivity index (χ1v) is 7.30. The minimum absolute atomic E-state index is 0.0635. The molecule has 1 aromatic rings. The number of amides is 2. The molecular formula is C15H20N2O4. The third kappa shape index (κ3) is 3.39.